The van der Waals surface area contributed by atoms with E-state index in [1.165, 1.54) is 12.1 Å². The molecule has 4 aromatic carbocycles. The molecule has 2 N–H and O–H groups in total. The first-order valence-corrected chi connectivity index (χ1v) is 20.6. The Labute approximate surface area is 330 Å². The van der Waals surface area contributed by atoms with Crippen molar-refractivity contribution in [3.05, 3.63) is 138 Å². The molecule has 55 heavy (non-hydrogen) atoms. The van der Waals surface area contributed by atoms with E-state index in [4.69, 9.17) is 34.2 Å². The average molecular weight is 799 g/mol. The number of thioether (sulfide) groups is 2. The molecule has 1 heterocycles. The van der Waals surface area contributed by atoms with E-state index in [0.29, 0.717) is 18.2 Å². The zero-order valence-electron chi connectivity index (χ0n) is 30.8. The Morgan fingerprint density at radius 3 is 1.60 bits per heavy atom. The maximum Gasteiger partial charge on any atom is 0.468 e. The van der Waals surface area contributed by atoms with E-state index in [9.17, 15) is 13.2 Å². The second-order valence-corrected chi connectivity index (χ2v) is 15.2. The van der Waals surface area contributed by atoms with Crippen molar-refractivity contribution in [3.8, 4) is 0 Å². The summed E-state index contributed by atoms with van der Waals surface area (Å²) in [6, 6.07) is 36.2. The second kappa shape index (κ2) is 23.0. The molecule has 0 spiro atoms. The number of para-hydroxylation sites is 1. The standard InChI is InChI=1S/C42H49F3N2O6S2/c1-31(29-54-24-22-46)30-55-25-23-48-39-37(50-27-33-16-8-3-9-17-33)36(49-26-32-14-6-2-7-15-32)38(51-28-34-18-10-4-11-19-34)40(52-39)53-41(42(43,44)45)47-35-20-12-5-13-21-35/h2-21,31,36-40H,22-30,46H2,1H3/b47-41+. The zero-order chi connectivity index (χ0) is 38.7. The smallest absolute Gasteiger partial charge is 0.441 e. The Morgan fingerprint density at radius 2 is 1.11 bits per heavy atom. The average Bonchev–Trinajstić information content (AvgIpc) is 3.20. The molecule has 1 aliphatic rings. The Bertz CT molecular complexity index is 1660. The van der Waals surface area contributed by atoms with Crippen molar-refractivity contribution in [1.82, 2.24) is 0 Å². The van der Waals surface area contributed by atoms with Gasteiger partial charge in [0.1, 0.15) is 18.3 Å². The molecule has 0 radical (unpaired) electrons. The molecule has 296 valence electrons. The Balaban J connectivity index is 1.46. The highest BCUT2D eigenvalue weighted by Gasteiger charge is 2.52. The van der Waals surface area contributed by atoms with Crippen molar-refractivity contribution in [2.45, 2.75) is 63.8 Å². The third kappa shape index (κ3) is 14.6. The van der Waals surface area contributed by atoms with Crippen LogP contribution in [0.2, 0.25) is 0 Å². The van der Waals surface area contributed by atoms with E-state index in [1.54, 1.807) is 30.0 Å². The molecule has 4 aromatic rings. The molecule has 1 saturated heterocycles. The van der Waals surface area contributed by atoms with Crippen LogP contribution in [0, 0.1) is 5.92 Å². The molecule has 6 unspecified atom stereocenters. The van der Waals surface area contributed by atoms with Gasteiger partial charge in [-0.15, -0.1) is 0 Å². The number of rotatable bonds is 21. The van der Waals surface area contributed by atoms with E-state index in [2.05, 4.69) is 11.9 Å². The predicted octanol–water partition coefficient (Wildman–Crippen LogP) is 8.81. The number of alkyl halides is 3. The Morgan fingerprint density at radius 1 is 0.655 bits per heavy atom. The lowest BCUT2D eigenvalue weighted by Crippen LogP contribution is -2.62. The first-order valence-electron chi connectivity index (χ1n) is 18.3. The molecule has 0 bridgehead atoms. The Hall–Kier alpha value is -3.40. The van der Waals surface area contributed by atoms with Crippen molar-refractivity contribution in [1.29, 1.82) is 0 Å². The van der Waals surface area contributed by atoms with Gasteiger partial charge in [-0.1, -0.05) is 116 Å². The molecule has 0 amide bonds. The third-order valence-electron chi connectivity index (χ3n) is 8.34. The largest absolute Gasteiger partial charge is 0.468 e. The van der Waals surface area contributed by atoms with Crippen molar-refractivity contribution < 1.29 is 41.6 Å². The monoisotopic (exact) mass is 798 g/mol. The van der Waals surface area contributed by atoms with E-state index >= 15 is 0 Å². The number of hydrogen-bond donors (Lipinski definition) is 1. The number of nitrogens with two attached hydrogens (primary N) is 1. The summed E-state index contributed by atoms with van der Waals surface area (Å²) in [5, 5.41) is 0. The van der Waals surface area contributed by atoms with E-state index in [-0.39, 0.29) is 32.1 Å². The first kappa shape index (κ1) is 42.7. The van der Waals surface area contributed by atoms with Crippen LogP contribution in [0.1, 0.15) is 23.6 Å². The third-order valence-corrected chi connectivity index (χ3v) is 10.9. The van der Waals surface area contributed by atoms with Gasteiger partial charge in [-0.25, -0.2) is 4.99 Å². The van der Waals surface area contributed by atoms with Crippen LogP contribution in [0.15, 0.2) is 126 Å². The Kier molecular flexibility index (Phi) is 17.9. The molecule has 1 fully saturated rings. The lowest BCUT2D eigenvalue weighted by Gasteiger charge is -2.45. The topological polar surface area (TPSA) is 93.8 Å². The molecule has 0 aromatic heterocycles. The summed E-state index contributed by atoms with van der Waals surface area (Å²) < 4.78 is 82.1. The van der Waals surface area contributed by atoms with Gasteiger partial charge in [-0.05, 0) is 46.2 Å². The number of hydrogen-bond acceptors (Lipinski definition) is 10. The van der Waals surface area contributed by atoms with E-state index < -0.39 is 43.0 Å². The van der Waals surface area contributed by atoms with Crippen molar-refractivity contribution in [2.75, 3.05) is 36.2 Å². The van der Waals surface area contributed by atoms with Crippen molar-refractivity contribution >= 4 is 35.1 Å². The number of nitrogens with zero attached hydrogens (tertiary/aromatic N) is 1. The molecule has 6 atom stereocenters. The normalized spacial score (nSPS) is 21.0. The van der Waals surface area contributed by atoms with Crippen LogP contribution in [-0.4, -0.2) is 79.1 Å². The summed E-state index contributed by atoms with van der Waals surface area (Å²) in [7, 11) is 0. The van der Waals surface area contributed by atoms with Crippen LogP contribution < -0.4 is 5.73 Å². The van der Waals surface area contributed by atoms with Gasteiger partial charge in [0.2, 0.25) is 6.29 Å². The molecule has 1 aliphatic heterocycles. The van der Waals surface area contributed by atoms with Gasteiger partial charge >= 0.3 is 6.18 Å². The highest BCUT2D eigenvalue weighted by molar-refractivity contribution is 8.00. The van der Waals surface area contributed by atoms with Crippen LogP contribution in [0.4, 0.5) is 18.9 Å². The van der Waals surface area contributed by atoms with Gasteiger partial charge in [0.15, 0.2) is 6.29 Å². The van der Waals surface area contributed by atoms with Crippen LogP contribution >= 0.6 is 23.5 Å². The summed E-state index contributed by atoms with van der Waals surface area (Å²) in [5.41, 5.74) is 8.24. The minimum atomic E-state index is -4.96. The maximum absolute atomic E-state index is 14.7. The van der Waals surface area contributed by atoms with Gasteiger partial charge in [0.25, 0.3) is 5.90 Å². The second-order valence-electron chi connectivity index (χ2n) is 12.9. The lowest BCUT2D eigenvalue weighted by atomic mass is 10.0. The number of benzene rings is 4. The zero-order valence-corrected chi connectivity index (χ0v) is 32.4. The molecular weight excluding hydrogens is 750 g/mol. The fourth-order valence-electron chi connectivity index (χ4n) is 5.66. The van der Waals surface area contributed by atoms with Crippen LogP contribution in [0.3, 0.4) is 0 Å². The molecule has 8 nitrogen and oxygen atoms in total. The SMILES string of the molecule is CC(CSCCN)CSCCOC1OC(O/C(=N/c2ccccc2)C(F)(F)F)C(OCc2ccccc2)C(OCc2ccccc2)C1OCc1ccccc1. The summed E-state index contributed by atoms with van der Waals surface area (Å²) >= 11 is 3.56. The highest BCUT2D eigenvalue weighted by atomic mass is 32.2. The summed E-state index contributed by atoms with van der Waals surface area (Å²) in [6.07, 6.45) is -10.9. The summed E-state index contributed by atoms with van der Waals surface area (Å²) in [6.45, 7) is 3.38. The van der Waals surface area contributed by atoms with E-state index in [1.807, 2.05) is 103 Å². The van der Waals surface area contributed by atoms with Gasteiger partial charge in [0, 0.05) is 18.1 Å². The molecule has 5 rings (SSSR count). The molecule has 0 saturated carbocycles. The van der Waals surface area contributed by atoms with Gasteiger partial charge in [-0.3, -0.25) is 0 Å². The molecule has 0 aliphatic carbocycles. The molecule has 13 heteroatoms. The number of ether oxygens (including phenoxy) is 6. The van der Waals surface area contributed by atoms with Crippen molar-refractivity contribution in [3.63, 3.8) is 0 Å². The van der Waals surface area contributed by atoms with Crippen molar-refractivity contribution in [2.24, 2.45) is 16.6 Å². The maximum atomic E-state index is 14.7. The van der Waals surface area contributed by atoms with Crippen LogP contribution in [0.5, 0.6) is 0 Å². The minimum absolute atomic E-state index is 0.0341. The lowest BCUT2D eigenvalue weighted by molar-refractivity contribution is -0.358. The number of halogens is 3. The quantitative estimate of drug-likeness (QED) is 0.0505. The van der Waals surface area contributed by atoms with Gasteiger partial charge in [-0.2, -0.15) is 36.7 Å². The van der Waals surface area contributed by atoms with Crippen LogP contribution in [0.25, 0.3) is 0 Å². The van der Waals surface area contributed by atoms with Crippen LogP contribution in [-0.2, 0) is 48.2 Å². The summed E-state index contributed by atoms with van der Waals surface area (Å²) in [4.78, 5) is 3.85. The fourth-order valence-corrected chi connectivity index (χ4v) is 7.56. The first-order chi connectivity index (χ1) is 26.8. The summed E-state index contributed by atoms with van der Waals surface area (Å²) in [5.74, 6) is 2.43. The number of aliphatic imine (C=N–C) groups is 1. The predicted molar refractivity (Wildman–Crippen MR) is 213 cm³/mol. The van der Waals surface area contributed by atoms with Gasteiger partial charge < -0.3 is 34.2 Å². The fraction of sp³-hybridized carbons (Fsp3) is 0.405. The van der Waals surface area contributed by atoms with Gasteiger partial charge in [0.05, 0.1) is 32.1 Å². The highest BCUT2D eigenvalue weighted by Crippen LogP contribution is 2.34. The minimum Gasteiger partial charge on any atom is -0.441 e. The molecular formula is C42H49F3N2O6S2. The van der Waals surface area contributed by atoms with E-state index in [0.717, 1.165) is 33.9 Å².